The maximum absolute atomic E-state index is 10.5. The average molecular weight is 199 g/mol. The predicted molar refractivity (Wildman–Crippen MR) is 50.7 cm³/mol. The largest absolute Gasteiger partial charge is 0.457 e. The molecule has 1 amide bonds. The lowest BCUT2D eigenvalue weighted by atomic mass is 10.2. The fourth-order valence-electron chi connectivity index (χ4n) is 0.943. The van der Waals surface area contributed by atoms with E-state index in [4.69, 9.17) is 11.6 Å². The van der Waals surface area contributed by atoms with Gasteiger partial charge in [-0.25, -0.2) is 9.90 Å². The van der Waals surface area contributed by atoms with Crippen molar-refractivity contribution in [3.05, 3.63) is 28.8 Å². The van der Waals surface area contributed by atoms with Crippen molar-refractivity contribution in [2.45, 2.75) is 6.92 Å². The molecule has 4 heteroatoms. The predicted octanol–water partition coefficient (Wildman–Crippen LogP) is 2.64. The number of halogens is 1. The number of aryl methyl sites for hydroxylation is 1. The van der Waals surface area contributed by atoms with Gasteiger partial charge in [0, 0.05) is 17.8 Å². The molecule has 0 atom stereocenters. The second-order valence-electron chi connectivity index (χ2n) is 2.76. The highest BCUT2D eigenvalue weighted by Crippen LogP contribution is 2.21. The van der Waals surface area contributed by atoms with Crippen molar-refractivity contribution in [2.24, 2.45) is 0 Å². The number of rotatable bonds is 1. The highest BCUT2D eigenvalue weighted by molar-refractivity contribution is 6.31. The summed E-state index contributed by atoms with van der Waals surface area (Å²) in [5.41, 5.74) is 1.40. The summed E-state index contributed by atoms with van der Waals surface area (Å²) in [5.74, 6) is 0. The van der Waals surface area contributed by atoms with Crippen LogP contribution in [0.15, 0.2) is 18.2 Å². The number of hydrogen-bond acceptors (Lipinski definition) is 1. The molecule has 3 nitrogen and oxygen atoms in total. The molecule has 0 aromatic heterocycles. The van der Waals surface area contributed by atoms with Crippen molar-refractivity contribution >= 4 is 23.4 Å². The second-order valence-corrected chi connectivity index (χ2v) is 3.17. The Morgan fingerprint density at radius 2 is 2.08 bits per heavy atom. The van der Waals surface area contributed by atoms with Gasteiger partial charge in [-0.2, -0.15) is 0 Å². The fraction of sp³-hybridized carbons (Fsp3) is 0.222. The number of amides is 1. The molecule has 1 aromatic carbocycles. The van der Waals surface area contributed by atoms with Crippen molar-refractivity contribution in [2.75, 3.05) is 11.9 Å². The summed E-state index contributed by atoms with van der Waals surface area (Å²) in [5, 5.41) is 11.1. The monoisotopic (exact) mass is 198 g/mol. The summed E-state index contributed by atoms with van der Waals surface area (Å²) in [4.78, 5) is 11.5. The van der Waals surface area contributed by atoms with E-state index < -0.39 is 6.09 Å². The average Bonchev–Trinajstić information content (AvgIpc) is 2.08. The lowest BCUT2D eigenvalue weighted by Gasteiger charge is -2.12. The van der Waals surface area contributed by atoms with Crippen LogP contribution in [-0.2, 0) is 5.11 Å². The van der Waals surface area contributed by atoms with Crippen molar-refractivity contribution < 1.29 is 9.90 Å². The second kappa shape index (κ2) is 3.66. The first kappa shape index (κ1) is 9.86. The van der Waals surface area contributed by atoms with Crippen LogP contribution in [0, 0.1) is 6.92 Å². The third kappa shape index (κ3) is 2.12. The minimum absolute atomic E-state index is 0.557. The van der Waals surface area contributed by atoms with Crippen LogP contribution in [0.25, 0.3) is 0 Å². The highest BCUT2D eigenvalue weighted by atomic mass is 35.5. The lowest BCUT2D eigenvalue weighted by molar-refractivity contribution is 0.178. The highest BCUT2D eigenvalue weighted by Gasteiger charge is 2.10. The summed E-state index contributed by atoms with van der Waals surface area (Å²) in [6, 6.07) is 4.98. The van der Waals surface area contributed by atoms with Gasteiger partial charge in [-0.05, 0) is 30.7 Å². The molecule has 0 bridgehead atoms. The molecule has 0 heterocycles. The fourth-order valence-corrected chi connectivity index (χ4v) is 1.06. The molecule has 0 saturated carbocycles. The van der Waals surface area contributed by atoms with E-state index in [1.807, 2.05) is 6.92 Å². The van der Waals surface area contributed by atoms with Crippen LogP contribution >= 0.6 is 11.6 Å². The van der Waals surface area contributed by atoms with E-state index in [2.05, 4.69) is 0 Å². The molecule has 0 aliphatic carbocycles. The molecule has 1 radical (unpaired) electrons. The number of carbonyl (C=O) groups is 1. The van der Waals surface area contributed by atoms with Gasteiger partial charge in [0.05, 0.1) is 0 Å². The number of nitrogens with zero attached hydrogens (tertiary/aromatic N) is 1. The molecule has 0 aliphatic heterocycles. The molecule has 0 aliphatic rings. The maximum Gasteiger partial charge on any atom is 0.457 e. The normalized spacial score (nSPS) is 9.77. The molecule has 69 valence electrons. The van der Waals surface area contributed by atoms with Crippen molar-refractivity contribution in [3.63, 3.8) is 0 Å². The van der Waals surface area contributed by atoms with E-state index in [-0.39, 0.29) is 0 Å². The number of hydrogen-bond donors (Lipinski definition) is 0. The van der Waals surface area contributed by atoms with E-state index in [9.17, 15) is 9.90 Å². The molecule has 0 spiro atoms. The lowest BCUT2D eigenvalue weighted by Crippen LogP contribution is -2.22. The molecule has 0 N–H and O–H groups in total. The van der Waals surface area contributed by atoms with Gasteiger partial charge in [-0.1, -0.05) is 11.6 Å². The molecule has 1 aromatic rings. The Bertz CT molecular complexity index is 338. The van der Waals surface area contributed by atoms with Gasteiger partial charge in [0.25, 0.3) is 0 Å². The minimum atomic E-state index is -1.23. The van der Waals surface area contributed by atoms with Crippen LogP contribution < -0.4 is 4.90 Å². The summed E-state index contributed by atoms with van der Waals surface area (Å²) >= 11 is 5.78. The molecule has 0 saturated heterocycles. The Morgan fingerprint density at radius 1 is 1.46 bits per heavy atom. The van der Waals surface area contributed by atoms with Gasteiger partial charge in [-0.3, -0.25) is 4.90 Å². The Balaban J connectivity index is 3.03. The molecule has 0 fully saturated rings. The van der Waals surface area contributed by atoms with Crippen LogP contribution in [0.3, 0.4) is 0 Å². The van der Waals surface area contributed by atoms with Crippen molar-refractivity contribution in [3.8, 4) is 0 Å². The minimum Gasteiger partial charge on any atom is -0.278 e. The van der Waals surface area contributed by atoms with Gasteiger partial charge in [0.15, 0.2) is 0 Å². The van der Waals surface area contributed by atoms with Crippen molar-refractivity contribution in [1.29, 1.82) is 0 Å². The molecular weight excluding hydrogens is 190 g/mol. The van der Waals surface area contributed by atoms with E-state index in [0.29, 0.717) is 10.7 Å². The van der Waals surface area contributed by atoms with Gasteiger partial charge in [0.2, 0.25) is 0 Å². The third-order valence-corrected chi connectivity index (χ3v) is 2.23. The SMILES string of the molecule is Cc1cc(N(C)C([O])=O)ccc1Cl. The molecule has 13 heavy (non-hydrogen) atoms. The quantitative estimate of drug-likeness (QED) is 0.684. The van der Waals surface area contributed by atoms with Gasteiger partial charge < -0.3 is 0 Å². The van der Waals surface area contributed by atoms with Crippen LogP contribution in [0.1, 0.15) is 5.56 Å². The third-order valence-electron chi connectivity index (χ3n) is 1.80. The van der Waals surface area contributed by atoms with Crippen LogP contribution in [0.5, 0.6) is 0 Å². The Labute approximate surface area is 81.5 Å². The van der Waals surface area contributed by atoms with Gasteiger partial charge in [-0.15, -0.1) is 0 Å². The van der Waals surface area contributed by atoms with E-state index >= 15 is 0 Å². The zero-order chi connectivity index (χ0) is 10.0. The summed E-state index contributed by atoms with van der Waals surface area (Å²) in [6.45, 7) is 1.81. The standard InChI is InChI=1S/C9H9ClNO2/c1-6-5-7(3-4-8(6)10)11(2)9(12)13/h3-5H,1-2H3. The van der Waals surface area contributed by atoms with Gasteiger partial charge in [0.1, 0.15) is 0 Å². The molecular formula is C9H9ClNO2. The smallest absolute Gasteiger partial charge is 0.278 e. The van der Waals surface area contributed by atoms with E-state index in [0.717, 1.165) is 10.5 Å². The van der Waals surface area contributed by atoms with E-state index in [1.54, 1.807) is 18.2 Å². The van der Waals surface area contributed by atoms with Crippen LogP contribution in [0.2, 0.25) is 5.02 Å². The zero-order valence-corrected chi connectivity index (χ0v) is 8.13. The van der Waals surface area contributed by atoms with E-state index in [1.165, 1.54) is 7.05 Å². The van der Waals surface area contributed by atoms with Crippen LogP contribution in [0.4, 0.5) is 10.5 Å². The molecule has 1 rings (SSSR count). The Kier molecular flexibility index (Phi) is 2.78. The number of anilines is 1. The topological polar surface area (TPSA) is 40.2 Å². The first-order valence-electron chi connectivity index (χ1n) is 3.73. The molecule has 0 unspecified atom stereocenters. The Morgan fingerprint density at radius 3 is 2.54 bits per heavy atom. The number of carbonyl (C=O) groups excluding carboxylic acids is 1. The van der Waals surface area contributed by atoms with Gasteiger partial charge >= 0.3 is 6.09 Å². The summed E-state index contributed by atoms with van der Waals surface area (Å²) in [6.07, 6.45) is -1.23. The summed E-state index contributed by atoms with van der Waals surface area (Å²) in [7, 11) is 1.43. The van der Waals surface area contributed by atoms with Crippen LogP contribution in [-0.4, -0.2) is 13.1 Å². The van der Waals surface area contributed by atoms with Crippen molar-refractivity contribution in [1.82, 2.24) is 0 Å². The number of benzene rings is 1. The first-order chi connectivity index (χ1) is 6.02. The first-order valence-corrected chi connectivity index (χ1v) is 4.11. The summed E-state index contributed by atoms with van der Waals surface area (Å²) < 4.78 is 0. The maximum atomic E-state index is 10.5. The zero-order valence-electron chi connectivity index (χ0n) is 7.37. The Hall–Kier alpha value is -1.22.